The quantitative estimate of drug-likeness (QED) is 0.758. The van der Waals surface area contributed by atoms with Crippen LogP contribution >= 0.6 is 0 Å². The first-order chi connectivity index (χ1) is 8.00. The lowest BCUT2D eigenvalue weighted by Gasteiger charge is -2.05. The molecule has 0 spiro atoms. The van der Waals surface area contributed by atoms with E-state index in [4.69, 9.17) is 10.8 Å². The van der Waals surface area contributed by atoms with Crippen LogP contribution in [0.25, 0.3) is 10.9 Å². The molecule has 17 heavy (non-hydrogen) atoms. The fourth-order valence-electron chi connectivity index (χ4n) is 1.72. The van der Waals surface area contributed by atoms with Crippen LogP contribution < -0.4 is 5.73 Å². The van der Waals surface area contributed by atoms with E-state index in [0.717, 1.165) is 12.1 Å². The van der Waals surface area contributed by atoms with Crippen LogP contribution in [0.15, 0.2) is 18.3 Å². The van der Waals surface area contributed by atoms with Gasteiger partial charge in [-0.1, -0.05) is 0 Å². The smallest absolute Gasteiger partial charge is 0.320 e. The lowest BCUT2D eigenvalue weighted by molar-refractivity contribution is -0.138. The topological polar surface area (TPSA) is 79.1 Å². The highest BCUT2D eigenvalue weighted by Gasteiger charge is 2.18. The molecule has 0 amide bonds. The van der Waals surface area contributed by atoms with Crippen molar-refractivity contribution in [3.05, 3.63) is 35.5 Å². The Morgan fingerprint density at radius 3 is 2.71 bits per heavy atom. The van der Waals surface area contributed by atoms with Crippen LogP contribution in [0, 0.1) is 11.6 Å². The van der Waals surface area contributed by atoms with E-state index < -0.39 is 23.6 Å². The molecule has 0 aliphatic heterocycles. The molecular weight excluding hydrogens is 230 g/mol. The molecule has 0 aliphatic carbocycles. The van der Waals surface area contributed by atoms with Crippen molar-refractivity contribution in [2.75, 3.05) is 0 Å². The molecule has 1 aromatic heterocycles. The van der Waals surface area contributed by atoms with Gasteiger partial charge in [-0.05, 0) is 17.7 Å². The third-order valence-electron chi connectivity index (χ3n) is 2.57. The molecule has 2 aromatic rings. The Morgan fingerprint density at radius 1 is 1.41 bits per heavy atom. The number of fused-ring (bicyclic) bond motifs is 1. The number of aliphatic carboxylic acids is 1. The number of hydrogen-bond donors (Lipinski definition) is 3. The number of carbonyl (C=O) groups is 1. The molecule has 1 atom stereocenters. The summed E-state index contributed by atoms with van der Waals surface area (Å²) in [7, 11) is 0. The Balaban J connectivity index is 2.49. The molecule has 2 rings (SSSR count). The molecule has 0 fully saturated rings. The highest BCUT2D eigenvalue weighted by atomic mass is 19.1. The van der Waals surface area contributed by atoms with E-state index in [1.54, 1.807) is 0 Å². The Bertz CT molecular complexity index is 580. The third kappa shape index (κ3) is 1.99. The normalized spacial score (nSPS) is 12.9. The number of H-pyrrole nitrogens is 1. The van der Waals surface area contributed by atoms with E-state index in [-0.39, 0.29) is 17.3 Å². The average Bonchev–Trinajstić information content (AvgIpc) is 2.68. The zero-order valence-corrected chi connectivity index (χ0v) is 8.71. The second-order valence-corrected chi connectivity index (χ2v) is 3.74. The van der Waals surface area contributed by atoms with Gasteiger partial charge in [-0.2, -0.15) is 0 Å². The summed E-state index contributed by atoms with van der Waals surface area (Å²) >= 11 is 0. The minimum absolute atomic E-state index is 0.0255. The van der Waals surface area contributed by atoms with E-state index in [1.807, 2.05) is 0 Å². The van der Waals surface area contributed by atoms with Gasteiger partial charge in [-0.3, -0.25) is 4.79 Å². The van der Waals surface area contributed by atoms with Crippen LogP contribution in [0.1, 0.15) is 5.56 Å². The van der Waals surface area contributed by atoms with Gasteiger partial charge in [0.1, 0.15) is 17.7 Å². The Labute approximate surface area is 95.0 Å². The lowest BCUT2D eigenvalue weighted by Crippen LogP contribution is -2.32. The first-order valence-corrected chi connectivity index (χ1v) is 4.93. The molecule has 0 bridgehead atoms. The molecule has 0 aliphatic rings. The number of hydrogen-bond acceptors (Lipinski definition) is 2. The molecule has 0 saturated heterocycles. The Kier molecular flexibility index (Phi) is 2.81. The van der Waals surface area contributed by atoms with Crippen LogP contribution in [-0.2, 0) is 11.2 Å². The monoisotopic (exact) mass is 240 g/mol. The summed E-state index contributed by atoms with van der Waals surface area (Å²) in [6, 6.07) is 0.868. The van der Waals surface area contributed by atoms with Crippen LogP contribution in [0.4, 0.5) is 8.78 Å². The molecule has 90 valence electrons. The van der Waals surface area contributed by atoms with Crippen molar-refractivity contribution in [3.63, 3.8) is 0 Å². The summed E-state index contributed by atoms with van der Waals surface area (Å²) < 4.78 is 26.9. The number of aromatic nitrogens is 1. The first-order valence-electron chi connectivity index (χ1n) is 4.93. The number of carboxylic acid groups (broad SMARTS) is 1. The molecule has 6 heteroatoms. The first kappa shape index (κ1) is 11.5. The largest absolute Gasteiger partial charge is 0.480 e. The summed E-state index contributed by atoms with van der Waals surface area (Å²) in [6.07, 6.45) is 1.31. The molecule has 4 nitrogen and oxygen atoms in total. The van der Waals surface area contributed by atoms with Gasteiger partial charge in [0.15, 0.2) is 0 Å². The van der Waals surface area contributed by atoms with Gasteiger partial charge in [0, 0.05) is 18.0 Å². The van der Waals surface area contributed by atoms with Crippen LogP contribution in [-0.4, -0.2) is 22.1 Å². The van der Waals surface area contributed by atoms with Gasteiger partial charge >= 0.3 is 5.97 Å². The van der Waals surface area contributed by atoms with Crippen molar-refractivity contribution < 1.29 is 18.7 Å². The predicted octanol–water partition coefficient (Wildman–Crippen LogP) is 1.40. The van der Waals surface area contributed by atoms with E-state index in [0.29, 0.717) is 5.56 Å². The lowest BCUT2D eigenvalue weighted by atomic mass is 10.1. The molecule has 4 N–H and O–H groups in total. The van der Waals surface area contributed by atoms with Crippen molar-refractivity contribution in [2.24, 2.45) is 5.73 Å². The predicted molar refractivity (Wildman–Crippen MR) is 57.5 cm³/mol. The zero-order chi connectivity index (χ0) is 12.6. The second-order valence-electron chi connectivity index (χ2n) is 3.74. The maximum Gasteiger partial charge on any atom is 0.320 e. The van der Waals surface area contributed by atoms with E-state index in [2.05, 4.69) is 4.98 Å². The van der Waals surface area contributed by atoms with Gasteiger partial charge in [-0.15, -0.1) is 0 Å². The maximum absolute atomic E-state index is 13.5. The van der Waals surface area contributed by atoms with Crippen molar-refractivity contribution in [2.45, 2.75) is 12.5 Å². The van der Waals surface area contributed by atoms with Crippen molar-refractivity contribution >= 4 is 16.9 Å². The van der Waals surface area contributed by atoms with E-state index in [1.165, 1.54) is 6.20 Å². The van der Waals surface area contributed by atoms with Crippen LogP contribution in [0.2, 0.25) is 0 Å². The van der Waals surface area contributed by atoms with Gasteiger partial charge in [0.25, 0.3) is 0 Å². The van der Waals surface area contributed by atoms with Gasteiger partial charge < -0.3 is 15.8 Å². The van der Waals surface area contributed by atoms with E-state index in [9.17, 15) is 13.6 Å². The molecule has 0 saturated carbocycles. The Morgan fingerprint density at radius 2 is 2.06 bits per heavy atom. The van der Waals surface area contributed by atoms with Crippen molar-refractivity contribution in [1.29, 1.82) is 0 Å². The fraction of sp³-hybridized carbons (Fsp3) is 0.182. The van der Waals surface area contributed by atoms with Gasteiger partial charge in [0.2, 0.25) is 0 Å². The molecule has 0 unspecified atom stereocenters. The zero-order valence-electron chi connectivity index (χ0n) is 8.71. The number of aromatic amines is 1. The summed E-state index contributed by atoms with van der Waals surface area (Å²) in [5, 5.41) is 8.73. The SMILES string of the molecule is N[C@@H](Cc1c[nH]c2c(F)ccc(F)c12)C(=O)O. The Hall–Kier alpha value is -1.95. The highest BCUT2D eigenvalue weighted by molar-refractivity contribution is 5.85. The maximum atomic E-state index is 13.5. The number of nitrogens with two attached hydrogens (primary N) is 1. The van der Waals surface area contributed by atoms with Crippen LogP contribution in [0.5, 0.6) is 0 Å². The van der Waals surface area contributed by atoms with Crippen LogP contribution in [0.3, 0.4) is 0 Å². The number of nitrogens with one attached hydrogen (secondary N) is 1. The standard InChI is InChI=1S/C11H10F2N2O2/c12-6-1-2-7(13)10-9(6)5(4-15-10)3-8(14)11(16)17/h1-2,4,8,15H,3,14H2,(H,16,17)/t8-/m0/s1. The number of halogens is 2. The fourth-order valence-corrected chi connectivity index (χ4v) is 1.72. The minimum atomic E-state index is -1.18. The summed E-state index contributed by atoms with van der Waals surface area (Å²) in [5.41, 5.74) is 5.74. The van der Waals surface area contributed by atoms with E-state index >= 15 is 0 Å². The van der Waals surface area contributed by atoms with Crippen molar-refractivity contribution in [3.8, 4) is 0 Å². The number of benzene rings is 1. The summed E-state index contributed by atoms with van der Waals surface area (Å²) in [5.74, 6) is -2.37. The summed E-state index contributed by atoms with van der Waals surface area (Å²) in [6.45, 7) is 0. The second kappa shape index (κ2) is 4.14. The molecule has 0 radical (unpaired) electrons. The van der Waals surface area contributed by atoms with Gasteiger partial charge in [0.05, 0.1) is 5.52 Å². The third-order valence-corrected chi connectivity index (χ3v) is 2.57. The minimum Gasteiger partial charge on any atom is -0.480 e. The highest BCUT2D eigenvalue weighted by Crippen LogP contribution is 2.24. The molecule has 1 aromatic carbocycles. The number of rotatable bonds is 3. The summed E-state index contributed by atoms with van der Waals surface area (Å²) in [4.78, 5) is 13.2. The number of carboxylic acids is 1. The molecular formula is C11H10F2N2O2. The molecule has 1 heterocycles. The average molecular weight is 240 g/mol. The van der Waals surface area contributed by atoms with Crippen molar-refractivity contribution in [1.82, 2.24) is 4.98 Å². The van der Waals surface area contributed by atoms with Gasteiger partial charge in [-0.25, -0.2) is 8.78 Å².